The standard InChI is InChI=1S/C5H6O4.C4H4O4.C4H6O2/c1-3(5(8)9)2-4(6)7;5-3(6)1-2-4(7)8;1-3(2)4(5)6/h1-2H2,(H,6,7)(H,8,9);1-2H,(H,5,6)(H,7,8);1H2,2H3,(H,5,6). The molecule has 23 heavy (non-hydrogen) atoms. The molecule has 0 spiro atoms. The quantitative estimate of drug-likeness (QED) is 0.427. The van der Waals surface area contributed by atoms with Gasteiger partial charge in [-0.15, -0.1) is 0 Å². The highest BCUT2D eigenvalue weighted by Gasteiger charge is 2.07. The van der Waals surface area contributed by atoms with E-state index >= 15 is 0 Å². The number of rotatable bonds is 6. The molecule has 10 nitrogen and oxygen atoms in total. The Labute approximate surface area is 130 Å². The van der Waals surface area contributed by atoms with Gasteiger partial charge in [0.2, 0.25) is 0 Å². The van der Waals surface area contributed by atoms with Crippen molar-refractivity contribution in [3.05, 3.63) is 36.5 Å². The van der Waals surface area contributed by atoms with Crippen molar-refractivity contribution in [2.75, 3.05) is 0 Å². The van der Waals surface area contributed by atoms with E-state index in [-0.39, 0.29) is 11.1 Å². The van der Waals surface area contributed by atoms with E-state index < -0.39 is 36.3 Å². The second-order valence-corrected chi connectivity index (χ2v) is 3.57. The molecule has 0 atom stereocenters. The lowest BCUT2D eigenvalue weighted by atomic mass is 10.2. The number of hydrogen-bond acceptors (Lipinski definition) is 5. The summed E-state index contributed by atoms with van der Waals surface area (Å²) in [5.41, 5.74) is -0.127. The maximum Gasteiger partial charge on any atom is 0.331 e. The molecule has 0 bridgehead atoms. The van der Waals surface area contributed by atoms with Gasteiger partial charge in [-0.2, -0.15) is 0 Å². The lowest BCUT2D eigenvalue weighted by Crippen LogP contribution is -2.04. The van der Waals surface area contributed by atoms with Gasteiger partial charge in [0.25, 0.3) is 0 Å². The summed E-state index contributed by atoms with van der Waals surface area (Å²) in [6.07, 6.45) is 0.611. The van der Waals surface area contributed by atoms with Gasteiger partial charge in [0, 0.05) is 23.3 Å². The lowest BCUT2D eigenvalue weighted by Gasteiger charge is -1.91. The van der Waals surface area contributed by atoms with E-state index in [2.05, 4.69) is 13.2 Å². The zero-order chi connectivity index (χ0) is 19.2. The fourth-order valence-electron chi connectivity index (χ4n) is 0.401. The van der Waals surface area contributed by atoms with Crippen LogP contribution < -0.4 is 0 Å². The van der Waals surface area contributed by atoms with E-state index in [4.69, 9.17) is 25.5 Å². The Balaban J connectivity index is -0.000000266. The SMILES string of the molecule is C=C(C)C(=O)O.C=C(CC(=O)O)C(=O)O.O=C(O)C=CC(=O)O. The fourth-order valence-corrected chi connectivity index (χ4v) is 0.401. The van der Waals surface area contributed by atoms with Gasteiger partial charge in [0.1, 0.15) is 0 Å². The molecular formula is C13H16O10. The number of carbonyl (C=O) groups is 5. The summed E-state index contributed by atoms with van der Waals surface area (Å²) in [5, 5.41) is 39.6. The monoisotopic (exact) mass is 332 g/mol. The molecular weight excluding hydrogens is 316 g/mol. The zero-order valence-corrected chi connectivity index (χ0v) is 12.1. The molecule has 0 fully saturated rings. The number of aliphatic carboxylic acids is 5. The first-order chi connectivity index (χ1) is 10.3. The van der Waals surface area contributed by atoms with Gasteiger partial charge >= 0.3 is 29.8 Å². The van der Waals surface area contributed by atoms with E-state index in [1.54, 1.807) is 0 Å². The summed E-state index contributed by atoms with van der Waals surface area (Å²) < 4.78 is 0. The van der Waals surface area contributed by atoms with Crippen LogP contribution in [0.1, 0.15) is 13.3 Å². The Morgan fingerprint density at radius 1 is 0.783 bits per heavy atom. The molecule has 0 amide bonds. The third-order valence-electron chi connectivity index (χ3n) is 1.40. The van der Waals surface area contributed by atoms with Crippen LogP contribution in [0.4, 0.5) is 0 Å². The van der Waals surface area contributed by atoms with Crippen LogP contribution in [-0.4, -0.2) is 55.4 Å². The molecule has 0 radical (unpaired) electrons. The maximum atomic E-state index is 9.87. The molecule has 0 rings (SSSR count). The number of hydrogen-bond donors (Lipinski definition) is 5. The van der Waals surface area contributed by atoms with Gasteiger partial charge < -0.3 is 25.5 Å². The summed E-state index contributed by atoms with van der Waals surface area (Å²) in [4.78, 5) is 48.4. The number of carboxylic acids is 5. The molecule has 0 unspecified atom stereocenters. The highest BCUT2D eigenvalue weighted by atomic mass is 16.4. The molecule has 5 N–H and O–H groups in total. The molecule has 0 aliphatic heterocycles. The molecule has 10 heteroatoms. The third kappa shape index (κ3) is 27.7. The predicted octanol–water partition coefficient (Wildman–Crippen LogP) is 0.461. The average molecular weight is 332 g/mol. The molecule has 0 aliphatic carbocycles. The predicted molar refractivity (Wildman–Crippen MR) is 75.9 cm³/mol. The Bertz CT molecular complexity index is 499. The first-order valence-electron chi connectivity index (χ1n) is 5.46. The van der Waals surface area contributed by atoms with Gasteiger partial charge in [-0.25, -0.2) is 19.2 Å². The molecule has 0 aromatic rings. The maximum absolute atomic E-state index is 9.87. The van der Waals surface area contributed by atoms with Gasteiger partial charge in [-0.3, -0.25) is 4.79 Å². The van der Waals surface area contributed by atoms with Crippen molar-refractivity contribution in [1.82, 2.24) is 0 Å². The second-order valence-electron chi connectivity index (χ2n) is 3.57. The van der Waals surface area contributed by atoms with Crippen molar-refractivity contribution < 1.29 is 49.5 Å². The molecule has 0 saturated carbocycles. The minimum absolute atomic E-state index is 0.176. The van der Waals surface area contributed by atoms with E-state index in [9.17, 15) is 24.0 Å². The fraction of sp³-hybridized carbons (Fsp3) is 0.154. The largest absolute Gasteiger partial charge is 0.481 e. The molecule has 0 aliphatic rings. The zero-order valence-electron chi connectivity index (χ0n) is 12.1. The smallest absolute Gasteiger partial charge is 0.331 e. The second kappa shape index (κ2) is 13.5. The van der Waals surface area contributed by atoms with Crippen molar-refractivity contribution in [3.8, 4) is 0 Å². The third-order valence-corrected chi connectivity index (χ3v) is 1.40. The Hall–Kier alpha value is -3.43. The van der Waals surface area contributed by atoms with Crippen LogP contribution in [0.25, 0.3) is 0 Å². The van der Waals surface area contributed by atoms with Crippen molar-refractivity contribution in [3.63, 3.8) is 0 Å². The van der Waals surface area contributed by atoms with Crippen LogP contribution in [0, 0.1) is 0 Å². The Morgan fingerprint density at radius 3 is 1.17 bits per heavy atom. The summed E-state index contributed by atoms with van der Waals surface area (Å²) in [6.45, 7) is 7.62. The van der Waals surface area contributed by atoms with Crippen LogP contribution in [0.5, 0.6) is 0 Å². The normalized spacial score (nSPS) is 8.57. The van der Waals surface area contributed by atoms with Gasteiger partial charge in [-0.1, -0.05) is 13.2 Å². The highest BCUT2D eigenvalue weighted by molar-refractivity contribution is 5.91. The van der Waals surface area contributed by atoms with Crippen LogP contribution >= 0.6 is 0 Å². The highest BCUT2D eigenvalue weighted by Crippen LogP contribution is 1.95. The number of carboxylic acid groups (broad SMARTS) is 5. The van der Waals surface area contributed by atoms with E-state index in [1.165, 1.54) is 6.92 Å². The first-order valence-corrected chi connectivity index (χ1v) is 5.46. The van der Waals surface area contributed by atoms with Gasteiger partial charge in [-0.05, 0) is 6.92 Å². The van der Waals surface area contributed by atoms with E-state index in [1.807, 2.05) is 0 Å². The van der Waals surface area contributed by atoms with Crippen molar-refractivity contribution in [2.24, 2.45) is 0 Å². The van der Waals surface area contributed by atoms with Crippen molar-refractivity contribution in [2.45, 2.75) is 13.3 Å². The Kier molecular flexibility index (Phi) is 14.5. The first kappa shape index (κ1) is 24.6. The average Bonchev–Trinajstić information content (AvgIpc) is 2.36. The molecule has 0 aromatic heterocycles. The molecule has 0 heterocycles. The van der Waals surface area contributed by atoms with E-state index in [0.29, 0.717) is 12.2 Å². The summed E-state index contributed by atoms with van der Waals surface area (Å²) in [6, 6.07) is 0. The summed E-state index contributed by atoms with van der Waals surface area (Å²) in [5.74, 6) is -5.89. The van der Waals surface area contributed by atoms with E-state index in [0.717, 1.165) is 0 Å². The van der Waals surface area contributed by atoms with Crippen molar-refractivity contribution >= 4 is 29.8 Å². The minimum Gasteiger partial charge on any atom is -0.481 e. The van der Waals surface area contributed by atoms with Gasteiger partial charge in [0.05, 0.1) is 6.42 Å². The molecule has 128 valence electrons. The minimum atomic E-state index is -1.27. The van der Waals surface area contributed by atoms with Crippen LogP contribution in [-0.2, 0) is 24.0 Å². The lowest BCUT2D eigenvalue weighted by molar-refractivity contribution is -0.139. The van der Waals surface area contributed by atoms with Crippen LogP contribution in [0.2, 0.25) is 0 Å². The molecule has 0 aromatic carbocycles. The van der Waals surface area contributed by atoms with Crippen molar-refractivity contribution in [1.29, 1.82) is 0 Å². The van der Waals surface area contributed by atoms with Crippen LogP contribution in [0.15, 0.2) is 36.5 Å². The summed E-state index contributed by atoms with van der Waals surface area (Å²) in [7, 11) is 0. The van der Waals surface area contributed by atoms with Gasteiger partial charge in [0.15, 0.2) is 0 Å². The summed E-state index contributed by atoms with van der Waals surface area (Å²) >= 11 is 0. The molecule has 0 saturated heterocycles. The topological polar surface area (TPSA) is 186 Å². The Morgan fingerprint density at radius 2 is 1.09 bits per heavy atom. The van der Waals surface area contributed by atoms with Crippen LogP contribution in [0.3, 0.4) is 0 Å².